The third-order valence-corrected chi connectivity index (χ3v) is 5.88. The molecule has 0 saturated carbocycles. The molecule has 0 amide bonds. The summed E-state index contributed by atoms with van der Waals surface area (Å²) in [7, 11) is 0. The molecule has 1 saturated heterocycles. The molecule has 5 nitrogen and oxygen atoms in total. The van der Waals surface area contributed by atoms with Crippen molar-refractivity contribution in [2.75, 3.05) is 6.61 Å². The number of aromatic nitrogens is 2. The van der Waals surface area contributed by atoms with Crippen molar-refractivity contribution >= 4 is 39.3 Å². The normalized spacial score (nSPS) is 18.4. The zero-order valence-electron chi connectivity index (χ0n) is 11.9. The molecule has 0 unspecified atom stereocenters. The van der Waals surface area contributed by atoms with E-state index >= 15 is 0 Å². The van der Waals surface area contributed by atoms with E-state index in [1.807, 2.05) is 13.0 Å². The van der Waals surface area contributed by atoms with Crippen LogP contribution in [0.3, 0.4) is 0 Å². The fourth-order valence-corrected chi connectivity index (χ4v) is 4.43. The van der Waals surface area contributed by atoms with Crippen LogP contribution in [0, 0.1) is 0 Å². The second-order valence-electron chi connectivity index (χ2n) is 4.79. The predicted octanol–water partition coefficient (Wildman–Crippen LogP) is 2.45. The van der Waals surface area contributed by atoms with Gasteiger partial charge in [-0.05, 0) is 19.4 Å². The molecule has 0 spiro atoms. The quantitative estimate of drug-likeness (QED) is 0.638. The van der Waals surface area contributed by atoms with Gasteiger partial charge in [0.25, 0.3) is 5.56 Å². The van der Waals surface area contributed by atoms with Crippen LogP contribution in [0.1, 0.15) is 25.1 Å². The highest BCUT2D eigenvalue weighted by Crippen LogP contribution is 2.30. The van der Waals surface area contributed by atoms with Crippen LogP contribution in [-0.2, 0) is 22.5 Å². The Labute approximate surface area is 130 Å². The number of cyclic esters (lactones) is 1. The molecule has 0 bridgehead atoms. The molecule has 1 aliphatic rings. The van der Waals surface area contributed by atoms with Gasteiger partial charge in [0, 0.05) is 17.8 Å². The minimum atomic E-state index is -0.252. The molecule has 1 aliphatic heterocycles. The number of nitrogens with zero attached hydrogens (tertiary/aromatic N) is 2. The van der Waals surface area contributed by atoms with E-state index in [9.17, 15) is 9.59 Å². The zero-order valence-corrected chi connectivity index (χ0v) is 13.6. The molecule has 1 atom stereocenters. The Morgan fingerprint density at radius 3 is 2.90 bits per heavy atom. The molecule has 112 valence electrons. The predicted molar refractivity (Wildman–Crippen MR) is 84.2 cm³/mol. The van der Waals surface area contributed by atoms with Gasteiger partial charge in [-0.15, -0.1) is 11.3 Å². The van der Waals surface area contributed by atoms with Gasteiger partial charge in [0.2, 0.25) is 0 Å². The lowest BCUT2D eigenvalue weighted by Gasteiger charge is -2.11. The summed E-state index contributed by atoms with van der Waals surface area (Å²) in [5, 5.41) is 1.04. The van der Waals surface area contributed by atoms with Crippen molar-refractivity contribution in [3.05, 3.63) is 21.3 Å². The molecule has 3 rings (SSSR count). The summed E-state index contributed by atoms with van der Waals surface area (Å²) in [6.07, 6.45) is 1.57. The van der Waals surface area contributed by atoms with Crippen LogP contribution >= 0.6 is 23.1 Å². The van der Waals surface area contributed by atoms with E-state index in [0.717, 1.165) is 16.1 Å². The van der Waals surface area contributed by atoms with Crippen molar-refractivity contribution in [3.8, 4) is 0 Å². The van der Waals surface area contributed by atoms with Crippen molar-refractivity contribution in [2.24, 2.45) is 0 Å². The van der Waals surface area contributed by atoms with Gasteiger partial charge in [-0.25, -0.2) is 4.98 Å². The van der Waals surface area contributed by atoms with Gasteiger partial charge >= 0.3 is 5.97 Å². The molecule has 0 N–H and O–H groups in total. The number of thiophene rings is 1. The molecular weight excluding hydrogens is 308 g/mol. The minimum absolute atomic E-state index is 0.0210. The number of hydrogen-bond donors (Lipinski definition) is 0. The first kappa shape index (κ1) is 14.6. The van der Waals surface area contributed by atoms with Crippen molar-refractivity contribution in [1.29, 1.82) is 0 Å². The fourth-order valence-electron chi connectivity index (χ4n) is 2.30. The minimum Gasteiger partial charge on any atom is -0.465 e. The second-order valence-corrected chi connectivity index (χ2v) is 7.08. The lowest BCUT2D eigenvalue weighted by molar-refractivity contribution is -0.137. The van der Waals surface area contributed by atoms with Gasteiger partial charge in [0.1, 0.15) is 10.1 Å². The molecule has 0 aromatic carbocycles. The molecule has 2 aromatic heterocycles. The molecule has 0 aliphatic carbocycles. The number of carbonyl (C=O) groups excluding carboxylic acids is 1. The Balaban J connectivity index is 2.08. The summed E-state index contributed by atoms with van der Waals surface area (Å²) in [6, 6.07) is 1.93. The first-order chi connectivity index (χ1) is 10.1. The van der Waals surface area contributed by atoms with E-state index in [2.05, 4.69) is 11.9 Å². The molecular formula is C14H16N2O3S2. The number of fused-ring (bicyclic) bond motifs is 1. The topological polar surface area (TPSA) is 61.2 Å². The largest absolute Gasteiger partial charge is 0.465 e. The van der Waals surface area contributed by atoms with Crippen molar-refractivity contribution in [3.63, 3.8) is 0 Å². The number of aryl methyl sites for hydroxylation is 1. The average molecular weight is 324 g/mol. The number of carbonyl (C=O) groups is 1. The number of thioether (sulfide) groups is 1. The average Bonchev–Trinajstić information content (AvgIpc) is 3.06. The second kappa shape index (κ2) is 5.81. The lowest BCUT2D eigenvalue weighted by atomic mass is 10.3. The lowest BCUT2D eigenvalue weighted by Crippen LogP contribution is -2.23. The van der Waals surface area contributed by atoms with Crippen LogP contribution in [0.15, 0.2) is 16.0 Å². The van der Waals surface area contributed by atoms with Crippen molar-refractivity contribution < 1.29 is 9.53 Å². The first-order valence-corrected chi connectivity index (χ1v) is 8.70. The first-order valence-electron chi connectivity index (χ1n) is 7.00. The van der Waals surface area contributed by atoms with Gasteiger partial charge < -0.3 is 4.74 Å². The SMILES string of the molecule is CCc1cc2c(=O)n(CC)c(S[C@@H]3CCOC3=O)nc2s1. The highest BCUT2D eigenvalue weighted by molar-refractivity contribution is 8.00. The monoisotopic (exact) mass is 324 g/mol. The standard InChI is InChI=1S/C14H16N2O3S2/c1-3-8-7-9-11(20-8)15-14(16(4-2)12(9)17)21-10-5-6-19-13(10)18/h7,10H,3-6H2,1-2H3/t10-/m1/s1. The van der Waals surface area contributed by atoms with Gasteiger partial charge in [-0.3, -0.25) is 14.2 Å². The molecule has 2 aromatic rings. The van der Waals surface area contributed by atoms with Gasteiger partial charge in [-0.2, -0.15) is 0 Å². The molecule has 3 heterocycles. The summed E-state index contributed by atoms with van der Waals surface area (Å²) in [5.74, 6) is -0.211. The third-order valence-electron chi connectivity index (χ3n) is 3.47. The van der Waals surface area contributed by atoms with Crippen molar-refractivity contribution in [1.82, 2.24) is 9.55 Å². The van der Waals surface area contributed by atoms with Crippen LogP contribution in [0.5, 0.6) is 0 Å². The summed E-state index contributed by atoms with van der Waals surface area (Å²) >= 11 is 2.89. The van der Waals surface area contributed by atoms with E-state index in [-0.39, 0.29) is 16.8 Å². The van der Waals surface area contributed by atoms with Crippen LogP contribution in [0.4, 0.5) is 0 Å². The summed E-state index contributed by atoms with van der Waals surface area (Å²) in [5.41, 5.74) is -0.0210. The van der Waals surface area contributed by atoms with Crippen LogP contribution < -0.4 is 5.56 Å². The van der Waals surface area contributed by atoms with Crippen LogP contribution in [-0.4, -0.2) is 27.4 Å². The number of rotatable bonds is 4. The number of esters is 1. The number of ether oxygens (including phenoxy) is 1. The molecule has 1 fully saturated rings. The smallest absolute Gasteiger partial charge is 0.319 e. The Kier molecular flexibility index (Phi) is 4.03. The Bertz CT molecular complexity index is 750. The molecule has 21 heavy (non-hydrogen) atoms. The van der Waals surface area contributed by atoms with E-state index in [4.69, 9.17) is 4.74 Å². The van der Waals surface area contributed by atoms with Crippen LogP contribution in [0.2, 0.25) is 0 Å². The van der Waals surface area contributed by atoms with Gasteiger partial charge in [0.05, 0.1) is 12.0 Å². The van der Waals surface area contributed by atoms with E-state index in [0.29, 0.717) is 30.1 Å². The third kappa shape index (κ3) is 2.60. The van der Waals surface area contributed by atoms with Gasteiger partial charge in [-0.1, -0.05) is 18.7 Å². The molecule has 7 heteroatoms. The fraction of sp³-hybridized carbons (Fsp3) is 0.500. The van der Waals surface area contributed by atoms with E-state index in [1.54, 1.807) is 15.9 Å². The maximum absolute atomic E-state index is 12.6. The van der Waals surface area contributed by atoms with E-state index < -0.39 is 0 Å². The maximum atomic E-state index is 12.6. The number of hydrogen-bond acceptors (Lipinski definition) is 6. The summed E-state index contributed by atoms with van der Waals surface area (Å²) in [6.45, 7) is 4.98. The highest BCUT2D eigenvalue weighted by atomic mass is 32.2. The summed E-state index contributed by atoms with van der Waals surface area (Å²) < 4.78 is 6.62. The van der Waals surface area contributed by atoms with Gasteiger partial charge in [0.15, 0.2) is 5.16 Å². The molecule has 0 radical (unpaired) electrons. The highest BCUT2D eigenvalue weighted by Gasteiger charge is 2.29. The van der Waals surface area contributed by atoms with Crippen LogP contribution in [0.25, 0.3) is 10.2 Å². The van der Waals surface area contributed by atoms with Crippen molar-refractivity contribution in [2.45, 2.75) is 43.6 Å². The Hall–Kier alpha value is -1.34. The zero-order chi connectivity index (χ0) is 15.0. The Morgan fingerprint density at radius 2 is 2.29 bits per heavy atom. The summed E-state index contributed by atoms with van der Waals surface area (Å²) in [4.78, 5) is 30.7. The van der Waals surface area contributed by atoms with E-state index in [1.165, 1.54) is 11.8 Å². The maximum Gasteiger partial charge on any atom is 0.319 e. The Morgan fingerprint density at radius 1 is 1.48 bits per heavy atom.